The van der Waals surface area contributed by atoms with Crippen molar-refractivity contribution in [2.24, 2.45) is 11.7 Å². The molecule has 3 atom stereocenters. The van der Waals surface area contributed by atoms with Gasteiger partial charge in [-0.1, -0.05) is 0 Å². The van der Waals surface area contributed by atoms with E-state index in [1.54, 1.807) is 13.3 Å². The first kappa shape index (κ1) is 22.9. The second-order valence-electron chi connectivity index (χ2n) is 9.09. The molecule has 4 heterocycles. The predicted molar refractivity (Wildman–Crippen MR) is 130 cm³/mol. The normalized spacial score (nSPS) is 22.2. The third kappa shape index (κ3) is 4.19. The topological polar surface area (TPSA) is 132 Å². The molecule has 0 saturated carbocycles. The lowest BCUT2D eigenvalue weighted by Crippen LogP contribution is -2.39. The standard InChI is InChI=1S/C23H28FN7O2S/c1-11-7-27-20-19(26)21(34-23(20)28-11)22(32)29-13-3-4-17-14(5-13)15(24)6-18(30-17)31-8-12(10-33-2)16(25)9-31/h6-7,12-13,16H,3-5,8-10,25-26H2,1-2H3,(H,29,32). The molecule has 0 aromatic carbocycles. The molecule has 3 aromatic heterocycles. The van der Waals surface area contributed by atoms with Crippen molar-refractivity contribution in [1.29, 1.82) is 0 Å². The van der Waals surface area contributed by atoms with Gasteiger partial charge in [-0.3, -0.25) is 4.79 Å². The van der Waals surface area contributed by atoms with Crippen molar-refractivity contribution in [1.82, 2.24) is 20.3 Å². The highest BCUT2D eigenvalue weighted by molar-refractivity contribution is 7.21. The van der Waals surface area contributed by atoms with Gasteiger partial charge in [-0.2, -0.15) is 0 Å². The van der Waals surface area contributed by atoms with Crippen molar-refractivity contribution in [2.45, 2.75) is 38.3 Å². The van der Waals surface area contributed by atoms with Crippen LogP contribution in [-0.4, -0.2) is 59.7 Å². The van der Waals surface area contributed by atoms with Gasteiger partial charge in [0, 0.05) is 61.7 Å². The molecular weight excluding hydrogens is 457 g/mol. The number of nitrogens with one attached hydrogen (secondary N) is 1. The number of carbonyl (C=O) groups is 1. The Kier molecular flexibility index (Phi) is 6.09. The lowest BCUT2D eigenvalue weighted by Gasteiger charge is -2.27. The summed E-state index contributed by atoms with van der Waals surface area (Å²) in [5, 5.41) is 3.02. The summed E-state index contributed by atoms with van der Waals surface area (Å²) in [7, 11) is 1.66. The summed E-state index contributed by atoms with van der Waals surface area (Å²) in [6, 6.07) is 1.24. The summed E-state index contributed by atoms with van der Waals surface area (Å²) in [5.74, 6) is 0.226. The van der Waals surface area contributed by atoms with Crippen LogP contribution in [0.2, 0.25) is 0 Å². The van der Waals surface area contributed by atoms with Gasteiger partial charge in [0.05, 0.1) is 18.0 Å². The fourth-order valence-electron chi connectivity index (χ4n) is 4.81. The zero-order valence-electron chi connectivity index (χ0n) is 19.2. The fraction of sp³-hybridized carbons (Fsp3) is 0.478. The number of hydrogen-bond acceptors (Lipinski definition) is 9. The second kappa shape index (κ2) is 9.05. The number of pyridine rings is 1. The van der Waals surface area contributed by atoms with Gasteiger partial charge in [-0.15, -0.1) is 11.3 Å². The van der Waals surface area contributed by atoms with E-state index in [1.165, 1.54) is 17.4 Å². The van der Waals surface area contributed by atoms with E-state index in [9.17, 15) is 4.79 Å². The quantitative estimate of drug-likeness (QED) is 0.499. The number of ether oxygens (including phenoxy) is 1. The Hall–Kier alpha value is -2.89. The van der Waals surface area contributed by atoms with Gasteiger partial charge >= 0.3 is 0 Å². The third-order valence-corrected chi connectivity index (χ3v) is 7.71. The monoisotopic (exact) mass is 485 g/mol. The summed E-state index contributed by atoms with van der Waals surface area (Å²) in [6.45, 7) is 3.73. The average molecular weight is 486 g/mol. The Morgan fingerprint density at radius 1 is 1.38 bits per heavy atom. The predicted octanol–water partition coefficient (Wildman–Crippen LogP) is 1.81. The largest absolute Gasteiger partial charge is 0.396 e. The van der Waals surface area contributed by atoms with E-state index in [2.05, 4.69) is 15.3 Å². The molecule has 1 fully saturated rings. The second-order valence-corrected chi connectivity index (χ2v) is 10.1. The van der Waals surface area contributed by atoms with E-state index in [4.69, 9.17) is 21.2 Å². The first-order valence-electron chi connectivity index (χ1n) is 11.3. The molecule has 1 saturated heterocycles. The number of fused-ring (bicyclic) bond motifs is 2. The number of methoxy groups -OCH3 is 1. The molecule has 0 spiro atoms. The first-order chi connectivity index (χ1) is 16.3. The number of aromatic nitrogens is 3. The Labute approximate surface area is 200 Å². The number of nitrogens with two attached hydrogens (primary N) is 2. The Balaban J connectivity index is 1.30. The van der Waals surface area contributed by atoms with E-state index < -0.39 is 0 Å². The van der Waals surface area contributed by atoms with Gasteiger partial charge in [-0.25, -0.2) is 19.3 Å². The molecule has 9 nitrogen and oxygen atoms in total. The molecule has 180 valence electrons. The lowest BCUT2D eigenvalue weighted by molar-refractivity contribution is 0.0938. The smallest absolute Gasteiger partial charge is 0.263 e. The molecule has 5 rings (SSSR count). The highest BCUT2D eigenvalue weighted by Crippen LogP contribution is 2.32. The first-order valence-corrected chi connectivity index (χ1v) is 12.2. The highest BCUT2D eigenvalue weighted by Gasteiger charge is 2.33. The zero-order chi connectivity index (χ0) is 24.0. The average Bonchev–Trinajstić information content (AvgIpc) is 3.33. The number of rotatable bonds is 5. The maximum absolute atomic E-state index is 15.1. The number of halogens is 1. The van der Waals surface area contributed by atoms with Crippen LogP contribution in [0.1, 0.15) is 33.0 Å². The minimum atomic E-state index is -0.298. The van der Waals surface area contributed by atoms with Crippen molar-refractivity contribution in [3.63, 3.8) is 0 Å². The Bertz CT molecular complexity index is 1250. The Morgan fingerprint density at radius 3 is 3.00 bits per heavy atom. The molecule has 3 aromatic rings. The lowest BCUT2D eigenvalue weighted by atomic mass is 9.91. The van der Waals surface area contributed by atoms with Crippen LogP contribution < -0.4 is 21.7 Å². The van der Waals surface area contributed by atoms with E-state index in [0.717, 1.165) is 11.4 Å². The van der Waals surface area contributed by atoms with Gasteiger partial charge in [0.2, 0.25) is 0 Å². The molecule has 11 heteroatoms. The van der Waals surface area contributed by atoms with Crippen molar-refractivity contribution in [3.05, 3.63) is 39.9 Å². The molecule has 5 N–H and O–H groups in total. The van der Waals surface area contributed by atoms with Crippen molar-refractivity contribution in [2.75, 3.05) is 37.4 Å². The van der Waals surface area contributed by atoms with E-state index >= 15 is 4.39 Å². The highest BCUT2D eigenvalue weighted by atomic mass is 32.1. The summed E-state index contributed by atoms with van der Waals surface area (Å²) in [6.07, 6.45) is 3.26. The van der Waals surface area contributed by atoms with Crippen LogP contribution in [0, 0.1) is 18.7 Å². The molecule has 0 bridgehead atoms. The molecule has 1 aliphatic carbocycles. The van der Waals surface area contributed by atoms with Crippen LogP contribution in [0.25, 0.3) is 10.3 Å². The van der Waals surface area contributed by atoms with Crippen molar-refractivity contribution in [3.8, 4) is 0 Å². The molecule has 3 unspecified atom stereocenters. The third-order valence-electron chi connectivity index (χ3n) is 6.62. The summed E-state index contributed by atoms with van der Waals surface area (Å²) in [4.78, 5) is 29.5. The summed E-state index contributed by atoms with van der Waals surface area (Å²) < 4.78 is 20.4. The molecule has 1 amide bonds. The molecule has 0 radical (unpaired) electrons. The van der Waals surface area contributed by atoms with Crippen LogP contribution in [-0.2, 0) is 17.6 Å². The number of nitrogen functional groups attached to an aromatic ring is 1. The number of thiophene rings is 1. The minimum absolute atomic E-state index is 0.0314. The molecule has 34 heavy (non-hydrogen) atoms. The summed E-state index contributed by atoms with van der Waals surface area (Å²) >= 11 is 1.22. The summed E-state index contributed by atoms with van der Waals surface area (Å²) in [5.41, 5.74) is 15.3. The van der Waals surface area contributed by atoms with Crippen LogP contribution in [0.5, 0.6) is 0 Å². The van der Waals surface area contributed by atoms with Crippen LogP contribution in [0.4, 0.5) is 15.9 Å². The maximum Gasteiger partial charge on any atom is 0.263 e. The maximum atomic E-state index is 15.1. The van der Waals surface area contributed by atoms with E-state index in [1.807, 2.05) is 11.8 Å². The molecule has 1 aliphatic heterocycles. The zero-order valence-corrected chi connectivity index (χ0v) is 20.0. The number of aryl methyl sites for hydroxylation is 2. The number of nitrogens with zero attached hydrogens (tertiary/aromatic N) is 4. The SMILES string of the molecule is COCC1CN(c2cc(F)c3c(n2)CCC(NC(=O)c2sc4nc(C)cnc4c2N)C3)CC1N. The number of carbonyl (C=O) groups excluding carboxylic acids is 1. The van der Waals surface area contributed by atoms with Gasteiger partial charge in [0.15, 0.2) is 0 Å². The van der Waals surface area contributed by atoms with Gasteiger partial charge in [0.25, 0.3) is 5.91 Å². The minimum Gasteiger partial charge on any atom is -0.396 e. The fourth-order valence-corrected chi connectivity index (χ4v) is 5.81. The van der Waals surface area contributed by atoms with Crippen molar-refractivity contribution < 1.29 is 13.9 Å². The van der Waals surface area contributed by atoms with E-state index in [0.29, 0.717) is 71.3 Å². The molecular formula is C23H28FN7O2S. The van der Waals surface area contributed by atoms with Crippen LogP contribution in [0.3, 0.4) is 0 Å². The number of anilines is 2. The van der Waals surface area contributed by atoms with E-state index in [-0.39, 0.29) is 29.7 Å². The van der Waals surface area contributed by atoms with Gasteiger partial charge in [0.1, 0.15) is 26.9 Å². The number of amides is 1. The van der Waals surface area contributed by atoms with Gasteiger partial charge in [-0.05, 0) is 26.2 Å². The van der Waals surface area contributed by atoms with Crippen LogP contribution in [0.15, 0.2) is 12.3 Å². The molecule has 2 aliphatic rings. The van der Waals surface area contributed by atoms with Crippen LogP contribution >= 0.6 is 11.3 Å². The number of hydrogen-bond donors (Lipinski definition) is 3. The van der Waals surface area contributed by atoms with Gasteiger partial charge < -0.3 is 26.4 Å². The van der Waals surface area contributed by atoms with Crippen molar-refractivity contribution >= 4 is 39.1 Å². The Morgan fingerprint density at radius 2 is 2.21 bits per heavy atom.